The lowest BCUT2D eigenvalue weighted by molar-refractivity contribution is -0.115. The average molecular weight is 337 g/mol. The van der Waals surface area contributed by atoms with Gasteiger partial charge in [0.1, 0.15) is 5.82 Å². The standard InChI is InChI=1S/C15H16FN3O3S/c1-3-22-15(21)19-14-18-11(8-23-14)7-13(20)17-10-5-4-9(2)12(16)6-10/h4-6,8H,3,7H2,1-2H3,(H,17,20)(H,18,19,21). The number of hydrogen-bond donors (Lipinski definition) is 2. The number of thiazole rings is 1. The third kappa shape index (κ3) is 5.03. The molecule has 0 saturated carbocycles. The van der Waals surface area contributed by atoms with Gasteiger partial charge in [0.15, 0.2) is 5.13 Å². The fraction of sp³-hybridized carbons (Fsp3) is 0.267. The van der Waals surface area contributed by atoms with E-state index in [4.69, 9.17) is 4.74 Å². The normalized spacial score (nSPS) is 10.2. The number of carbonyl (C=O) groups is 2. The van der Waals surface area contributed by atoms with E-state index in [0.29, 0.717) is 22.1 Å². The minimum atomic E-state index is -0.590. The van der Waals surface area contributed by atoms with Crippen molar-refractivity contribution in [2.24, 2.45) is 0 Å². The third-order valence-corrected chi connectivity index (χ3v) is 3.64. The molecule has 6 nitrogen and oxygen atoms in total. The Kier molecular flexibility index (Phi) is 5.64. The number of rotatable bonds is 5. The Morgan fingerprint density at radius 2 is 2.13 bits per heavy atom. The summed E-state index contributed by atoms with van der Waals surface area (Å²) < 4.78 is 18.2. The number of anilines is 2. The highest BCUT2D eigenvalue weighted by atomic mass is 32.1. The number of ether oxygens (including phenoxy) is 1. The zero-order chi connectivity index (χ0) is 16.8. The largest absolute Gasteiger partial charge is 0.450 e. The molecule has 1 heterocycles. The van der Waals surface area contributed by atoms with Crippen LogP contribution < -0.4 is 10.6 Å². The predicted molar refractivity (Wildman–Crippen MR) is 86.2 cm³/mol. The highest BCUT2D eigenvalue weighted by Crippen LogP contribution is 2.17. The van der Waals surface area contributed by atoms with E-state index in [1.807, 2.05) is 0 Å². The van der Waals surface area contributed by atoms with Gasteiger partial charge >= 0.3 is 6.09 Å². The molecule has 0 fully saturated rings. The molecule has 0 aliphatic rings. The van der Waals surface area contributed by atoms with Crippen molar-refractivity contribution in [3.8, 4) is 0 Å². The van der Waals surface area contributed by atoms with Gasteiger partial charge in [-0.3, -0.25) is 10.1 Å². The zero-order valence-corrected chi connectivity index (χ0v) is 13.5. The number of hydrogen-bond acceptors (Lipinski definition) is 5. The molecule has 2 N–H and O–H groups in total. The summed E-state index contributed by atoms with van der Waals surface area (Å²) in [4.78, 5) is 27.3. The summed E-state index contributed by atoms with van der Waals surface area (Å²) in [7, 11) is 0. The van der Waals surface area contributed by atoms with Crippen LogP contribution in [0.25, 0.3) is 0 Å². The maximum atomic E-state index is 13.4. The van der Waals surface area contributed by atoms with Crippen molar-refractivity contribution in [3.05, 3.63) is 40.7 Å². The Labute approximate surface area is 136 Å². The van der Waals surface area contributed by atoms with Crippen LogP contribution in [-0.4, -0.2) is 23.6 Å². The van der Waals surface area contributed by atoms with E-state index in [0.717, 1.165) is 0 Å². The van der Waals surface area contributed by atoms with Crippen LogP contribution in [0.15, 0.2) is 23.6 Å². The number of nitrogens with one attached hydrogen (secondary N) is 2. The molecule has 8 heteroatoms. The number of benzene rings is 1. The zero-order valence-electron chi connectivity index (χ0n) is 12.7. The van der Waals surface area contributed by atoms with Crippen LogP contribution in [0.2, 0.25) is 0 Å². The van der Waals surface area contributed by atoms with Crippen LogP contribution in [0.1, 0.15) is 18.2 Å². The number of nitrogens with zero attached hydrogens (tertiary/aromatic N) is 1. The molecule has 0 spiro atoms. The number of aromatic nitrogens is 1. The monoisotopic (exact) mass is 337 g/mol. The number of halogens is 1. The molecule has 122 valence electrons. The van der Waals surface area contributed by atoms with E-state index >= 15 is 0 Å². The molecule has 2 amide bonds. The molecule has 0 aliphatic carbocycles. The molecule has 1 aromatic heterocycles. The number of amides is 2. The molecule has 0 radical (unpaired) electrons. The Bertz CT molecular complexity index is 718. The van der Waals surface area contributed by atoms with Crippen LogP contribution in [0.5, 0.6) is 0 Å². The Morgan fingerprint density at radius 3 is 2.83 bits per heavy atom. The van der Waals surface area contributed by atoms with E-state index in [2.05, 4.69) is 15.6 Å². The van der Waals surface area contributed by atoms with Crippen LogP contribution in [0.4, 0.5) is 20.0 Å². The molecule has 0 bridgehead atoms. The maximum absolute atomic E-state index is 13.4. The second-order valence-electron chi connectivity index (χ2n) is 4.68. The van der Waals surface area contributed by atoms with Gasteiger partial charge in [-0.05, 0) is 31.5 Å². The van der Waals surface area contributed by atoms with Crippen molar-refractivity contribution in [2.45, 2.75) is 20.3 Å². The first kappa shape index (κ1) is 16.9. The molecule has 23 heavy (non-hydrogen) atoms. The van der Waals surface area contributed by atoms with Crippen molar-refractivity contribution >= 4 is 34.2 Å². The second-order valence-corrected chi connectivity index (χ2v) is 5.54. The SMILES string of the molecule is CCOC(=O)Nc1nc(CC(=O)Nc2ccc(C)c(F)c2)cs1. The van der Waals surface area contributed by atoms with Crippen molar-refractivity contribution in [1.29, 1.82) is 0 Å². The fourth-order valence-electron chi connectivity index (χ4n) is 1.74. The lowest BCUT2D eigenvalue weighted by Crippen LogP contribution is -2.15. The van der Waals surface area contributed by atoms with E-state index in [9.17, 15) is 14.0 Å². The van der Waals surface area contributed by atoms with Crippen molar-refractivity contribution in [3.63, 3.8) is 0 Å². The van der Waals surface area contributed by atoms with Crippen molar-refractivity contribution < 1.29 is 18.7 Å². The van der Waals surface area contributed by atoms with E-state index in [1.54, 1.807) is 31.4 Å². The van der Waals surface area contributed by atoms with Gasteiger partial charge in [-0.2, -0.15) is 0 Å². The van der Waals surface area contributed by atoms with Crippen LogP contribution in [0, 0.1) is 12.7 Å². The molecule has 0 saturated heterocycles. The van der Waals surface area contributed by atoms with Crippen LogP contribution in [0.3, 0.4) is 0 Å². The van der Waals surface area contributed by atoms with Crippen molar-refractivity contribution in [1.82, 2.24) is 4.98 Å². The predicted octanol–water partition coefficient (Wildman–Crippen LogP) is 3.34. The highest BCUT2D eigenvalue weighted by molar-refractivity contribution is 7.13. The van der Waals surface area contributed by atoms with Gasteiger partial charge in [0.25, 0.3) is 0 Å². The number of aryl methyl sites for hydroxylation is 1. The van der Waals surface area contributed by atoms with Gasteiger partial charge < -0.3 is 10.1 Å². The first-order chi connectivity index (χ1) is 11.0. The first-order valence-corrected chi connectivity index (χ1v) is 7.80. The van der Waals surface area contributed by atoms with E-state index in [-0.39, 0.29) is 24.8 Å². The summed E-state index contributed by atoms with van der Waals surface area (Å²) in [6.07, 6.45) is -0.566. The Morgan fingerprint density at radius 1 is 1.35 bits per heavy atom. The van der Waals surface area contributed by atoms with E-state index < -0.39 is 6.09 Å². The Balaban J connectivity index is 1.91. The summed E-state index contributed by atoms with van der Waals surface area (Å²) in [5, 5.41) is 7.09. The summed E-state index contributed by atoms with van der Waals surface area (Å²) in [5.74, 6) is -0.696. The molecule has 0 atom stereocenters. The molecule has 1 aromatic carbocycles. The smallest absolute Gasteiger partial charge is 0.413 e. The van der Waals surface area contributed by atoms with E-state index in [1.165, 1.54) is 17.4 Å². The van der Waals surface area contributed by atoms with Crippen molar-refractivity contribution in [2.75, 3.05) is 17.2 Å². The third-order valence-electron chi connectivity index (χ3n) is 2.83. The van der Waals surface area contributed by atoms with Gasteiger partial charge in [-0.1, -0.05) is 6.07 Å². The summed E-state index contributed by atoms with van der Waals surface area (Å²) in [5.41, 5.74) is 1.40. The first-order valence-electron chi connectivity index (χ1n) is 6.92. The minimum Gasteiger partial charge on any atom is -0.450 e. The molecular weight excluding hydrogens is 321 g/mol. The summed E-state index contributed by atoms with van der Waals surface area (Å²) in [6, 6.07) is 4.49. The van der Waals surface area contributed by atoms with Gasteiger partial charge in [0.2, 0.25) is 5.91 Å². The molecule has 2 aromatic rings. The lowest BCUT2D eigenvalue weighted by atomic mass is 10.2. The quantitative estimate of drug-likeness (QED) is 0.877. The summed E-state index contributed by atoms with van der Waals surface area (Å²) >= 11 is 1.19. The van der Waals surface area contributed by atoms with Gasteiger partial charge in [0.05, 0.1) is 18.7 Å². The Hall–Kier alpha value is -2.48. The van der Waals surface area contributed by atoms with Gasteiger partial charge in [-0.25, -0.2) is 14.2 Å². The maximum Gasteiger partial charge on any atom is 0.413 e. The van der Waals surface area contributed by atoms with Gasteiger partial charge in [-0.15, -0.1) is 11.3 Å². The average Bonchev–Trinajstić information content (AvgIpc) is 2.90. The molecule has 0 unspecified atom stereocenters. The second kappa shape index (κ2) is 7.68. The number of carbonyl (C=O) groups excluding carboxylic acids is 2. The summed E-state index contributed by atoms with van der Waals surface area (Å²) in [6.45, 7) is 3.61. The fourth-order valence-corrected chi connectivity index (χ4v) is 2.44. The molecule has 2 rings (SSSR count). The van der Waals surface area contributed by atoms with Crippen LogP contribution in [-0.2, 0) is 16.0 Å². The highest BCUT2D eigenvalue weighted by Gasteiger charge is 2.11. The topological polar surface area (TPSA) is 80.3 Å². The van der Waals surface area contributed by atoms with Gasteiger partial charge in [0, 0.05) is 11.1 Å². The van der Waals surface area contributed by atoms with Crippen LogP contribution >= 0.6 is 11.3 Å². The minimum absolute atomic E-state index is 0.0243. The lowest BCUT2D eigenvalue weighted by Gasteiger charge is -2.05. The molecule has 0 aliphatic heterocycles. The molecular formula is C15H16FN3O3S.